The van der Waals surface area contributed by atoms with Gasteiger partial charge in [0, 0.05) is 38.1 Å². The summed E-state index contributed by atoms with van der Waals surface area (Å²) in [5, 5.41) is 0. The van der Waals surface area contributed by atoms with Crippen LogP contribution in [0.5, 0.6) is 0 Å². The van der Waals surface area contributed by atoms with Crippen molar-refractivity contribution in [2.24, 2.45) is 5.92 Å². The van der Waals surface area contributed by atoms with Crippen LogP contribution in [-0.2, 0) is 16.0 Å². The van der Waals surface area contributed by atoms with Gasteiger partial charge in [0.1, 0.15) is 0 Å². The lowest BCUT2D eigenvalue weighted by atomic mass is 9.99. The number of hydrogen-bond acceptors (Lipinski definition) is 3. The van der Waals surface area contributed by atoms with Gasteiger partial charge in [0.2, 0.25) is 5.91 Å². The van der Waals surface area contributed by atoms with Gasteiger partial charge in [-0.05, 0) is 36.5 Å². The number of nitrogen functional groups attached to an aromatic ring is 1. The summed E-state index contributed by atoms with van der Waals surface area (Å²) in [5.74, 6) is 0.403. The average Bonchev–Trinajstić information content (AvgIpc) is 2.38. The number of carbonyl (C=O) groups excluding carboxylic acids is 1. The second kappa shape index (κ2) is 6.06. The quantitative estimate of drug-likeness (QED) is 0.846. The Morgan fingerprint density at radius 2 is 2.32 bits per heavy atom. The Bertz CT molecular complexity index is 459. The molecule has 1 aromatic rings. The topological polar surface area (TPSA) is 55.6 Å². The predicted octanol–water partition coefficient (Wildman–Crippen LogP) is 2.22. The molecule has 2 N–H and O–H groups in total. The Morgan fingerprint density at radius 1 is 1.53 bits per heavy atom. The molecule has 0 saturated heterocycles. The first kappa shape index (κ1) is 13.9. The largest absolute Gasteiger partial charge is 0.399 e. The van der Waals surface area contributed by atoms with Gasteiger partial charge in [-0.3, -0.25) is 4.79 Å². The van der Waals surface area contributed by atoms with E-state index in [1.807, 2.05) is 30.0 Å². The molecule has 4 heteroatoms. The van der Waals surface area contributed by atoms with Crippen LogP contribution in [0.1, 0.15) is 25.3 Å². The summed E-state index contributed by atoms with van der Waals surface area (Å²) in [7, 11) is 1.66. The number of rotatable bonds is 4. The van der Waals surface area contributed by atoms with E-state index in [9.17, 15) is 4.79 Å². The van der Waals surface area contributed by atoms with E-state index in [0.717, 1.165) is 25.1 Å². The number of aryl methyl sites for hydroxylation is 1. The normalized spacial score (nSPS) is 16.0. The van der Waals surface area contributed by atoms with Gasteiger partial charge < -0.3 is 15.4 Å². The fraction of sp³-hybridized carbons (Fsp3) is 0.533. The standard InChI is InChI=1S/C15H22N2O2/c1-11(10-19-2)8-15(18)17-7-3-4-12-5-6-13(16)9-14(12)17/h5-6,9,11H,3-4,7-8,10,16H2,1-2H3. The van der Waals surface area contributed by atoms with Crippen LogP contribution in [0.2, 0.25) is 0 Å². The molecule has 0 spiro atoms. The van der Waals surface area contributed by atoms with Crippen LogP contribution in [-0.4, -0.2) is 26.2 Å². The molecule has 0 bridgehead atoms. The number of amides is 1. The third kappa shape index (κ3) is 3.26. The summed E-state index contributed by atoms with van der Waals surface area (Å²) in [6.45, 7) is 3.43. The lowest BCUT2D eigenvalue weighted by molar-refractivity contribution is -0.119. The molecule has 2 rings (SSSR count). The third-order valence-electron chi connectivity index (χ3n) is 3.50. The highest BCUT2D eigenvalue weighted by atomic mass is 16.5. The fourth-order valence-corrected chi connectivity index (χ4v) is 2.60. The Labute approximate surface area is 114 Å². The molecular weight excluding hydrogens is 240 g/mol. The molecule has 1 aromatic carbocycles. The molecule has 0 aromatic heterocycles. The Hall–Kier alpha value is -1.55. The van der Waals surface area contributed by atoms with E-state index >= 15 is 0 Å². The molecule has 1 amide bonds. The molecule has 1 atom stereocenters. The van der Waals surface area contributed by atoms with Crippen molar-refractivity contribution in [3.05, 3.63) is 23.8 Å². The van der Waals surface area contributed by atoms with Crippen molar-refractivity contribution < 1.29 is 9.53 Å². The summed E-state index contributed by atoms with van der Waals surface area (Å²) in [6.07, 6.45) is 2.55. The third-order valence-corrected chi connectivity index (χ3v) is 3.50. The zero-order chi connectivity index (χ0) is 13.8. The van der Waals surface area contributed by atoms with Gasteiger partial charge in [0.15, 0.2) is 0 Å². The number of carbonyl (C=O) groups is 1. The van der Waals surface area contributed by atoms with Gasteiger partial charge in [0.25, 0.3) is 0 Å². The van der Waals surface area contributed by atoms with Crippen molar-refractivity contribution in [1.82, 2.24) is 0 Å². The summed E-state index contributed by atoms with van der Waals surface area (Å²) in [5.41, 5.74) is 8.75. The highest BCUT2D eigenvalue weighted by molar-refractivity contribution is 5.95. The number of hydrogen-bond donors (Lipinski definition) is 1. The molecule has 0 aliphatic carbocycles. The van der Waals surface area contributed by atoms with Gasteiger partial charge in [-0.2, -0.15) is 0 Å². The predicted molar refractivity (Wildman–Crippen MR) is 77.2 cm³/mol. The van der Waals surface area contributed by atoms with Crippen molar-refractivity contribution in [3.63, 3.8) is 0 Å². The molecule has 1 unspecified atom stereocenters. The highest BCUT2D eigenvalue weighted by Crippen LogP contribution is 2.30. The molecule has 0 fully saturated rings. The lowest BCUT2D eigenvalue weighted by Gasteiger charge is -2.30. The number of ether oxygens (including phenoxy) is 1. The molecule has 1 aliphatic rings. The number of benzene rings is 1. The van der Waals surface area contributed by atoms with Crippen LogP contribution in [0.3, 0.4) is 0 Å². The SMILES string of the molecule is COCC(C)CC(=O)N1CCCc2ccc(N)cc21. The number of nitrogens with two attached hydrogens (primary N) is 1. The van der Waals surface area contributed by atoms with Crippen molar-refractivity contribution in [2.75, 3.05) is 30.9 Å². The van der Waals surface area contributed by atoms with E-state index in [0.29, 0.717) is 18.7 Å². The van der Waals surface area contributed by atoms with Crippen molar-refractivity contribution in [1.29, 1.82) is 0 Å². The van der Waals surface area contributed by atoms with Gasteiger partial charge in [-0.25, -0.2) is 0 Å². The van der Waals surface area contributed by atoms with Crippen molar-refractivity contribution in [3.8, 4) is 0 Å². The second-order valence-electron chi connectivity index (χ2n) is 5.30. The number of methoxy groups -OCH3 is 1. The number of nitrogens with zero attached hydrogens (tertiary/aromatic N) is 1. The minimum absolute atomic E-state index is 0.163. The first-order valence-electron chi connectivity index (χ1n) is 6.79. The van der Waals surface area contributed by atoms with Crippen LogP contribution in [0.4, 0.5) is 11.4 Å². The molecule has 0 radical (unpaired) electrons. The summed E-state index contributed by atoms with van der Waals surface area (Å²) in [6, 6.07) is 5.84. The van der Waals surface area contributed by atoms with E-state index in [4.69, 9.17) is 10.5 Å². The zero-order valence-corrected chi connectivity index (χ0v) is 11.7. The minimum atomic E-state index is 0.163. The van der Waals surface area contributed by atoms with Crippen LogP contribution in [0, 0.1) is 5.92 Å². The smallest absolute Gasteiger partial charge is 0.227 e. The molecule has 4 nitrogen and oxygen atoms in total. The number of anilines is 2. The van der Waals surface area contributed by atoms with Crippen LogP contribution in [0.25, 0.3) is 0 Å². The molecular formula is C15H22N2O2. The van der Waals surface area contributed by atoms with E-state index in [2.05, 4.69) is 0 Å². The summed E-state index contributed by atoms with van der Waals surface area (Å²) in [4.78, 5) is 14.3. The van der Waals surface area contributed by atoms with Crippen LogP contribution < -0.4 is 10.6 Å². The Kier molecular flexibility index (Phi) is 4.43. The minimum Gasteiger partial charge on any atom is -0.399 e. The van der Waals surface area contributed by atoms with Crippen molar-refractivity contribution in [2.45, 2.75) is 26.2 Å². The van der Waals surface area contributed by atoms with Crippen LogP contribution >= 0.6 is 0 Å². The Balaban J connectivity index is 2.14. The molecule has 0 saturated carbocycles. The second-order valence-corrected chi connectivity index (χ2v) is 5.30. The van der Waals surface area contributed by atoms with E-state index in [1.165, 1.54) is 5.56 Å². The van der Waals surface area contributed by atoms with Gasteiger partial charge in [0.05, 0.1) is 0 Å². The van der Waals surface area contributed by atoms with Crippen molar-refractivity contribution >= 4 is 17.3 Å². The molecule has 19 heavy (non-hydrogen) atoms. The monoisotopic (exact) mass is 262 g/mol. The maximum atomic E-state index is 12.4. The van der Waals surface area contributed by atoms with Gasteiger partial charge >= 0.3 is 0 Å². The summed E-state index contributed by atoms with van der Waals surface area (Å²) >= 11 is 0. The van der Waals surface area contributed by atoms with E-state index in [1.54, 1.807) is 7.11 Å². The van der Waals surface area contributed by atoms with Gasteiger partial charge in [-0.15, -0.1) is 0 Å². The number of fused-ring (bicyclic) bond motifs is 1. The van der Waals surface area contributed by atoms with Crippen LogP contribution in [0.15, 0.2) is 18.2 Å². The van der Waals surface area contributed by atoms with E-state index < -0.39 is 0 Å². The first-order valence-corrected chi connectivity index (χ1v) is 6.79. The first-order chi connectivity index (χ1) is 9.11. The molecule has 104 valence electrons. The maximum absolute atomic E-state index is 12.4. The Morgan fingerprint density at radius 3 is 3.05 bits per heavy atom. The highest BCUT2D eigenvalue weighted by Gasteiger charge is 2.23. The van der Waals surface area contributed by atoms with Gasteiger partial charge in [-0.1, -0.05) is 13.0 Å². The molecule has 1 aliphatic heterocycles. The zero-order valence-electron chi connectivity index (χ0n) is 11.7. The lowest BCUT2D eigenvalue weighted by Crippen LogP contribution is -2.36. The maximum Gasteiger partial charge on any atom is 0.227 e. The summed E-state index contributed by atoms with van der Waals surface area (Å²) < 4.78 is 5.09. The van der Waals surface area contributed by atoms with E-state index in [-0.39, 0.29) is 11.8 Å². The average molecular weight is 262 g/mol. The fourth-order valence-electron chi connectivity index (χ4n) is 2.60. The molecule has 1 heterocycles.